The normalized spacial score (nSPS) is 13.8. The van der Waals surface area contributed by atoms with Crippen LogP contribution in [0.3, 0.4) is 0 Å². The number of nitrogens with zero attached hydrogens (tertiary/aromatic N) is 4. The summed E-state index contributed by atoms with van der Waals surface area (Å²) in [5, 5.41) is 3.07. The van der Waals surface area contributed by atoms with E-state index in [9.17, 15) is 14.0 Å². The first-order chi connectivity index (χ1) is 23.3. The van der Waals surface area contributed by atoms with Gasteiger partial charge in [0.05, 0.1) is 24.9 Å². The summed E-state index contributed by atoms with van der Waals surface area (Å²) in [7, 11) is 1.55. The average Bonchev–Trinajstić information content (AvgIpc) is 3.08. The van der Waals surface area contributed by atoms with E-state index in [1.165, 1.54) is 55.6 Å². The van der Waals surface area contributed by atoms with Crippen LogP contribution >= 0.6 is 0 Å². The van der Waals surface area contributed by atoms with Crippen LogP contribution in [0.5, 0.6) is 23.0 Å². The molecule has 1 aliphatic heterocycles. The number of carbonyl (C=O) groups is 1. The number of amides is 1. The first-order valence-electron chi connectivity index (χ1n) is 15.7. The Hall–Kier alpha value is -5.36. The van der Waals surface area contributed by atoms with E-state index >= 15 is 4.39 Å². The summed E-state index contributed by atoms with van der Waals surface area (Å²) in [6.07, 6.45) is 7.48. The molecular weight excluding hydrogens is 620 g/mol. The maximum Gasteiger partial charge on any atom is 0.286 e. The molecule has 12 heteroatoms. The van der Waals surface area contributed by atoms with Crippen LogP contribution in [0.1, 0.15) is 36.7 Å². The molecule has 10 nitrogen and oxygen atoms in total. The Morgan fingerprint density at radius 1 is 0.958 bits per heavy atom. The smallest absolute Gasteiger partial charge is 0.286 e. The molecule has 248 valence electrons. The van der Waals surface area contributed by atoms with Crippen molar-refractivity contribution in [3.63, 3.8) is 0 Å². The topological polar surface area (TPSA) is 108 Å². The quantitative estimate of drug-likeness (QED) is 0.158. The Morgan fingerprint density at radius 2 is 1.79 bits per heavy atom. The lowest BCUT2D eigenvalue weighted by Crippen LogP contribution is -2.34. The molecule has 48 heavy (non-hydrogen) atoms. The number of nitrogens with one attached hydrogen (secondary N) is 1. The zero-order valence-corrected chi connectivity index (χ0v) is 26.6. The van der Waals surface area contributed by atoms with Crippen LogP contribution in [0.2, 0.25) is 0 Å². The number of methoxy groups -OCH3 is 1. The minimum atomic E-state index is -0.856. The third-order valence-corrected chi connectivity index (χ3v) is 8.29. The third kappa shape index (κ3) is 7.44. The van der Waals surface area contributed by atoms with Crippen molar-refractivity contribution >= 4 is 22.5 Å². The van der Waals surface area contributed by atoms with Gasteiger partial charge in [0.1, 0.15) is 11.6 Å². The molecule has 1 amide bonds. The van der Waals surface area contributed by atoms with Crippen molar-refractivity contribution in [2.24, 2.45) is 5.92 Å². The van der Waals surface area contributed by atoms with Gasteiger partial charge in [0.15, 0.2) is 28.8 Å². The van der Waals surface area contributed by atoms with Crippen LogP contribution in [-0.2, 0) is 0 Å². The molecule has 0 saturated carbocycles. The van der Waals surface area contributed by atoms with E-state index in [1.807, 2.05) is 0 Å². The number of hydrogen-bond acceptors (Lipinski definition) is 8. The maximum absolute atomic E-state index is 15.3. The van der Waals surface area contributed by atoms with Crippen molar-refractivity contribution in [3.05, 3.63) is 107 Å². The van der Waals surface area contributed by atoms with Crippen LogP contribution < -0.4 is 25.1 Å². The highest BCUT2D eigenvalue weighted by Gasteiger charge is 2.19. The molecule has 3 aromatic carbocycles. The number of carbonyl (C=O) groups excluding carboxylic acids is 1. The van der Waals surface area contributed by atoms with Crippen molar-refractivity contribution in [1.82, 2.24) is 19.4 Å². The maximum atomic E-state index is 15.3. The van der Waals surface area contributed by atoms with E-state index in [0.717, 1.165) is 48.7 Å². The largest absolute Gasteiger partial charge is 0.493 e. The number of hydrogen-bond donors (Lipinski definition) is 1. The lowest BCUT2D eigenvalue weighted by Gasteiger charge is -2.30. The molecule has 0 bridgehead atoms. The number of fused-ring (bicyclic) bond motifs is 1. The molecule has 1 N–H and O–H groups in total. The van der Waals surface area contributed by atoms with Gasteiger partial charge in [0, 0.05) is 48.3 Å². The average molecular weight is 656 g/mol. The van der Waals surface area contributed by atoms with Crippen LogP contribution in [0.25, 0.3) is 16.6 Å². The number of piperidine rings is 1. The van der Waals surface area contributed by atoms with Gasteiger partial charge in [0.2, 0.25) is 0 Å². The van der Waals surface area contributed by atoms with Crippen LogP contribution in [-0.4, -0.2) is 58.7 Å². The molecule has 2 aromatic heterocycles. The fourth-order valence-corrected chi connectivity index (χ4v) is 5.61. The number of pyridine rings is 1. The Bertz CT molecular complexity index is 1990. The number of ether oxygens (including phenoxy) is 3. The molecule has 0 atom stereocenters. The molecular formula is C36H35F2N5O5. The van der Waals surface area contributed by atoms with Crippen LogP contribution in [0.4, 0.5) is 14.5 Å². The lowest BCUT2D eigenvalue weighted by atomic mass is 9.99. The summed E-state index contributed by atoms with van der Waals surface area (Å²) in [5.74, 6) is -0.0665. The number of benzene rings is 3. The second-order valence-electron chi connectivity index (χ2n) is 11.7. The number of aromatic nitrogens is 3. The summed E-state index contributed by atoms with van der Waals surface area (Å²) < 4.78 is 47.7. The fraction of sp³-hybridized carbons (Fsp3) is 0.278. The third-order valence-electron chi connectivity index (χ3n) is 8.29. The predicted molar refractivity (Wildman–Crippen MR) is 177 cm³/mol. The van der Waals surface area contributed by atoms with E-state index in [4.69, 9.17) is 14.2 Å². The first kappa shape index (κ1) is 32.6. The second kappa shape index (κ2) is 14.6. The second-order valence-corrected chi connectivity index (χ2v) is 11.7. The minimum absolute atomic E-state index is 0.0742. The van der Waals surface area contributed by atoms with Gasteiger partial charge in [-0.1, -0.05) is 13.0 Å². The summed E-state index contributed by atoms with van der Waals surface area (Å²) in [6, 6.07) is 14.4. The Balaban J connectivity index is 1.13. The summed E-state index contributed by atoms with van der Waals surface area (Å²) in [6.45, 7) is 6.05. The summed E-state index contributed by atoms with van der Waals surface area (Å²) in [5.41, 5.74) is -0.324. The molecule has 5 aromatic rings. The number of likely N-dealkylation sites (tertiary alicyclic amines) is 1. The number of halogens is 2. The molecule has 0 radical (unpaired) electrons. The summed E-state index contributed by atoms with van der Waals surface area (Å²) in [4.78, 5) is 36.7. The molecule has 1 saturated heterocycles. The van der Waals surface area contributed by atoms with Gasteiger partial charge >= 0.3 is 0 Å². The standard InChI is InChI=1S/C36H35F2N5O5/c1-23-10-15-42(16-11-23)14-4-18-47-33-22-29-27(21-32(33)46-2)30(9-12-39-29)48-31-8-7-25(20-28(31)38)41-35(44)34-36(45)43(17-13-40-34)26-6-3-5-24(37)19-26/h3,5-9,12-13,17,19-23H,4,10-11,14-16,18H2,1-2H3,(H,41,44). The lowest BCUT2D eigenvalue weighted by molar-refractivity contribution is 0.102. The Morgan fingerprint density at radius 3 is 2.56 bits per heavy atom. The SMILES string of the molecule is COc1cc2c(Oc3ccc(NC(=O)c4nccn(-c5cccc(F)c5)c4=O)cc3F)ccnc2cc1OCCCN1CCC(C)CC1. The Kier molecular flexibility index (Phi) is 9.91. The van der Waals surface area contributed by atoms with Gasteiger partial charge in [-0.25, -0.2) is 13.8 Å². The monoisotopic (exact) mass is 655 g/mol. The molecule has 0 unspecified atom stereocenters. The zero-order valence-electron chi connectivity index (χ0n) is 26.6. The van der Waals surface area contributed by atoms with Crippen LogP contribution in [0.15, 0.2) is 84.0 Å². The number of rotatable bonds is 11. The van der Waals surface area contributed by atoms with Crippen molar-refractivity contribution < 1.29 is 27.8 Å². The molecule has 1 aliphatic rings. The van der Waals surface area contributed by atoms with E-state index in [-0.39, 0.29) is 17.1 Å². The predicted octanol–water partition coefficient (Wildman–Crippen LogP) is 6.61. The van der Waals surface area contributed by atoms with E-state index in [2.05, 4.69) is 27.1 Å². The van der Waals surface area contributed by atoms with E-state index in [0.29, 0.717) is 34.8 Å². The van der Waals surface area contributed by atoms with Gasteiger partial charge < -0.3 is 24.4 Å². The van der Waals surface area contributed by atoms with Crippen molar-refractivity contribution in [3.8, 4) is 28.7 Å². The highest BCUT2D eigenvalue weighted by Crippen LogP contribution is 2.38. The van der Waals surface area contributed by atoms with E-state index < -0.39 is 28.8 Å². The van der Waals surface area contributed by atoms with Crippen molar-refractivity contribution in [2.45, 2.75) is 26.2 Å². The van der Waals surface area contributed by atoms with Crippen molar-refractivity contribution in [2.75, 3.05) is 38.7 Å². The van der Waals surface area contributed by atoms with Gasteiger partial charge in [-0.05, 0) is 80.7 Å². The fourth-order valence-electron chi connectivity index (χ4n) is 5.61. The molecule has 1 fully saturated rings. The highest BCUT2D eigenvalue weighted by molar-refractivity contribution is 6.02. The Labute approximate surface area is 275 Å². The van der Waals surface area contributed by atoms with Gasteiger partial charge in [-0.3, -0.25) is 19.1 Å². The van der Waals surface area contributed by atoms with Gasteiger partial charge in [-0.15, -0.1) is 0 Å². The van der Waals surface area contributed by atoms with Crippen molar-refractivity contribution in [1.29, 1.82) is 0 Å². The zero-order chi connectivity index (χ0) is 33.6. The summed E-state index contributed by atoms with van der Waals surface area (Å²) >= 11 is 0. The molecule has 3 heterocycles. The van der Waals surface area contributed by atoms with Crippen LogP contribution in [0, 0.1) is 17.6 Å². The van der Waals surface area contributed by atoms with Gasteiger partial charge in [0.25, 0.3) is 11.5 Å². The minimum Gasteiger partial charge on any atom is -0.493 e. The van der Waals surface area contributed by atoms with Gasteiger partial charge in [-0.2, -0.15) is 0 Å². The highest BCUT2D eigenvalue weighted by atomic mass is 19.1. The number of anilines is 1. The molecule has 0 aliphatic carbocycles. The van der Waals surface area contributed by atoms with E-state index in [1.54, 1.807) is 31.5 Å². The molecule has 6 rings (SSSR count). The molecule has 0 spiro atoms. The first-order valence-corrected chi connectivity index (χ1v) is 15.7.